The van der Waals surface area contributed by atoms with Gasteiger partial charge < -0.3 is 14.8 Å². The first-order chi connectivity index (χ1) is 11.7. The first-order valence-corrected chi connectivity index (χ1v) is 8.71. The zero-order valence-corrected chi connectivity index (χ0v) is 13.6. The quantitative estimate of drug-likeness (QED) is 0.846. The van der Waals surface area contributed by atoms with Crippen molar-refractivity contribution in [2.24, 2.45) is 0 Å². The molecule has 3 amide bonds. The van der Waals surface area contributed by atoms with Crippen molar-refractivity contribution in [3.05, 3.63) is 24.3 Å². The summed E-state index contributed by atoms with van der Waals surface area (Å²) >= 11 is 0. The van der Waals surface area contributed by atoms with Crippen molar-refractivity contribution < 1.29 is 19.1 Å². The van der Waals surface area contributed by atoms with Gasteiger partial charge in [0.1, 0.15) is 12.1 Å². The molecule has 0 aromatic heterocycles. The van der Waals surface area contributed by atoms with Gasteiger partial charge in [0.05, 0.1) is 6.54 Å². The largest absolute Gasteiger partial charge is 0.486 e. The average molecular weight is 330 g/mol. The second-order valence-electron chi connectivity index (χ2n) is 6.84. The van der Waals surface area contributed by atoms with Crippen LogP contribution in [0.5, 0.6) is 11.5 Å². The summed E-state index contributed by atoms with van der Waals surface area (Å²) in [6.07, 6.45) is 5.35. The van der Waals surface area contributed by atoms with Crippen LogP contribution in [0.2, 0.25) is 0 Å². The Morgan fingerprint density at radius 2 is 1.79 bits per heavy atom. The lowest BCUT2D eigenvalue weighted by atomic mass is 9.90. The van der Waals surface area contributed by atoms with E-state index in [0.717, 1.165) is 38.5 Å². The van der Waals surface area contributed by atoms with Gasteiger partial charge in [0, 0.05) is 0 Å². The Morgan fingerprint density at radius 3 is 2.54 bits per heavy atom. The Hall–Kier alpha value is -2.24. The second-order valence-corrected chi connectivity index (χ2v) is 6.84. The molecule has 0 unspecified atom stereocenters. The van der Waals surface area contributed by atoms with Crippen molar-refractivity contribution in [2.45, 2.75) is 50.2 Å². The maximum atomic E-state index is 12.9. The zero-order valence-electron chi connectivity index (χ0n) is 13.6. The molecule has 2 heterocycles. The van der Waals surface area contributed by atoms with Crippen LogP contribution in [0.4, 0.5) is 4.79 Å². The molecule has 1 aromatic rings. The number of para-hydroxylation sites is 2. The van der Waals surface area contributed by atoms with E-state index in [2.05, 4.69) is 5.32 Å². The monoisotopic (exact) mass is 330 g/mol. The van der Waals surface area contributed by atoms with Crippen LogP contribution < -0.4 is 14.8 Å². The van der Waals surface area contributed by atoms with Crippen LogP contribution in [0.15, 0.2) is 24.3 Å². The number of ether oxygens (including phenoxy) is 2. The minimum atomic E-state index is -0.693. The maximum Gasteiger partial charge on any atom is 0.325 e. The molecule has 1 aromatic carbocycles. The molecule has 1 N–H and O–H groups in total. The normalized spacial score (nSPS) is 25.5. The summed E-state index contributed by atoms with van der Waals surface area (Å²) in [4.78, 5) is 26.6. The number of carbonyl (C=O) groups excluding carboxylic acids is 2. The second kappa shape index (κ2) is 6.00. The molecule has 0 radical (unpaired) electrons. The third kappa shape index (κ3) is 2.60. The van der Waals surface area contributed by atoms with Crippen molar-refractivity contribution in [3.8, 4) is 11.5 Å². The molecule has 128 valence electrons. The molecule has 1 aliphatic carbocycles. The highest BCUT2D eigenvalue weighted by Gasteiger charge is 2.51. The number of hydrogen-bond donors (Lipinski definition) is 1. The predicted octanol–water partition coefficient (Wildman–Crippen LogP) is 2.47. The highest BCUT2D eigenvalue weighted by molar-refractivity contribution is 6.07. The Kier molecular flexibility index (Phi) is 3.82. The van der Waals surface area contributed by atoms with Crippen molar-refractivity contribution in [2.75, 3.05) is 13.2 Å². The molecule has 6 nitrogen and oxygen atoms in total. The van der Waals surface area contributed by atoms with Gasteiger partial charge in [-0.3, -0.25) is 9.69 Å². The van der Waals surface area contributed by atoms with Crippen molar-refractivity contribution >= 4 is 11.9 Å². The average Bonchev–Trinajstić information content (AvgIpc) is 2.76. The number of hydrogen-bond acceptors (Lipinski definition) is 4. The third-order valence-electron chi connectivity index (χ3n) is 5.16. The predicted molar refractivity (Wildman–Crippen MR) is 87.0 cm³/mol. The lowest BCUT2D eigenvalue weighted by molar-refractivity contribution is -0.132. The Balaban J connectivity index is 1.47. The summed E-state index contributed by atoms with van der Waals surface area (Å²) in [6, 6.07) is 7.14. The molecule has 3 aliphatic rings. The van der Waals surface area contributed by atoms with E-state index < -0.39 is 5.54 Å². The van der Waals surface area contributed by atoms with Gasteiger partial charge in [-0.25, -0.2) is 4.79 Å². The molecule has 4 rings (SSSR count). The van der Waals surface area contributed by atoms with Crippen LogP contribution in [0.1, 0.15) is 38.5 Å². The molecule has 24 heavy (non-hydrogen) atoms. The van der Waals surface area contributed by atoms with Crippen LogP contribution in [0.3, 0.4) is 0 Å². The number of fused-ring (bicyclic) bond motifs is 1. The number of imide groups is 1. The van der Waals surface area contributed by atoms with Gasteiger partial charge >= 0.3 is 6.03 Å². The van der Waals surface area contributed by atoms with Crippen LogP contribution in [-0.4, -0.2) is 41.6 Å². The molecule has 6 heteroatoms. The number of rotatable bonds is 2. The lowest BCUT2D eigenvalue weighted by Gasteiger charge is -2.29. The Bertz CT molecular complexity index is 652. The summed E-state index contributed by atoms with van der Waals surface area (Å²) in [5.41, 5.74) is -0.693. The molecular weight excluding hydrogens is 308 g/mol. The minimum Gasteiger partial charge on any atom is -0.486 e. The molecule has 1 saturated heterocycles. The van der Waals surface area contributed by atoms with Crippen LogP contribution in [-0.2, 0) is 4.79 Å². The summed E-state index contributed by atoms with van der Waals surface area (Å²) < 4.78 is 11.6. The van der Waals surface area contributed by atoms with Gasteiger partial charge in [-0.2, -0.15) is 0 Å². The van der Waals surface area contributed by atoms with Gasteiger partial charge in [-0.05, 0) is 25.0 Å². The fraction of sp³-hybridized carbons (Fsp3) is 0.556. The van der Waals surface area contributed by atoms with E-state index in [9.17, 15) is 9.59 Å². The third-order valence-corrected chi connectivity index (χ3v) is 5.16. The van der Waals surface area contributed by atoms with Crippen LogP contribution >= 0.6 is 0 Å². The maximum absolute atomic E-state index is 12.9. The smallest absolute Gasteiger partial charge is 0.325 e. The first kappa shape index (κ1) is 15.3. The highest BCUT2D eigenvalue weighted by Crippen LogP contribution is 2.34. The summed E-state index contributed by atoms with van der Waals surface area (Å²) in [7, 11) is 0. The van der Waals surface area contributed by atoms with E-state index in [0.29, 0.717) is 18.1 Å². The topological polar surface area (TPSA) is 67.9 Å². The SMILES string of the molecule is O=C1NC2(CCCCCC2)C(=O)N1C[C@H]1COc2ccccc2O1. The van der Waals surface area contributed by atoms with Gasteiger partial charge in [0.25, 0.3) is 5.91 Å². The Labute approximate surface area is 141 Å². The van der Waals surface area contributed by atoms with Crippen LogP contribution in [0.25, 0.3) is 0 Å². The lowest BCUT2D eigenvalue weighted by Crippen LogP contribution is -2.48. The van der Waals surface area contributed by atoms with Gasteiger partial charge in [0.2, 0.25) is 0 Å². The highest BCUT2D eigenvalue weighted by atomic mass is 16.6. The summed E-state index contributed by atoms with van der Waals surface area (Å²) in [6.45, 7) is 0.557. The van der Waals surface area contributed by atoms with Gasteiger partial charge in [-0.1, -0.05) is 37.8 Å². The number of amides is 3. The molecule has 1 atom stereocenters. The number of benzene rings is 1. The Morgan fingerprint density at radius 1 is 1.08 bits per heavy atom. The number of nitrogens with zero attached hydrogens (tertiary/aromatic N) is 1. The van der Waals surface area contributed by atoms with Crippen molar-refractivity contribution in [1.29, 1.82) is 0 Å². The number of carbonyl (C=O) groups is 2. The van der Waals surface area contributed by atoms with E-state index >= 15 is 0 Å². The van der Waals surface area contributed by atoms with E-state index in [1.165, 1.54) is 4.90 Å². The fourth-order valence-corrected chi connectivity index (χ4v) is 3.87. The fourth-order valence-electron chi connectivity index (χ4n) is 3.87. The molecule has 1 spiro atoms. The molecule has 2 aliphatic heterocycles. The number of nitrogens with one attached hydrogen (secondary N) is 1. The molecule has 2 fully saturated rings. The molecule has 0 bridgehead atoms. The summed E-state index contributed by atoms with van der Waals surface area (Å²) in [5.74, 6) is 1.26. The summed E-state index contributed by atoms with van der Waals surface area (Å²) in [5, 5.41) is 2.96. The van der Waals surface area contributed by atoms with Crippen molar-refractivity contribution in [1.82, 2.24) is 10.2 Å². The van der Waals surface area contributed by atoms with E-state index in [1.54, 1.807) is 0 Å². The van der Waals surface area contributed by atoms with E-state index in [-0.39, 0.29) is 24.6 Å². The molecule has 1 saturated carbocycles. The van der Waals surface area contributed by atoms with Gasteiger partial charge in [-0.15, -0.1) is 0 Å². The first-order valence-electron chi connectivity index (χ1n) is 8.71. The van der Waals surface area contributed by atoms with Crippen LogP contribution in [0, 0.1) is 0 Å². The van der Waals surface area contributed by atoms with Crippen molar-refractivity contribution in [3.63, 3.8) is 0 Å². The van der Waals surface area contributed by atoms with Gasteiger partial charge in [0.15, 0.2) is 17.6 Å². The van der Waals surface area contributed by atoms with E-state index in [4.69, 9.17) is 9.47 Å². The standard InChI is InChI=1S/C18H22N2O4/c21-16-18(9-5-1-2-6-10-18)19-17(22)20(16)11-13-12-23-14-7-3-4-8-15(14)24-13/h3-4,7-8,13H,1-2,5-6,9-12H2,(H,19,22)/t13-/m0/s1. The number of urea groups is 1. The molecular formula is C18H22N2O4. The van der Waals surface area contributed by atoms with E-state index in [1.807, 2.05) is 24.3 Å². The minimum absolute atomic E-state index is 0.100. The zero-order chi connectivity index (χ0) is 16.6.